The second kappa shape index (κ2) is 8.31. The number of pyridine rings is 1. The molecule has 1 atom stereocenters. The molecular formula is C20H27F3N6. The number of piperazine rings is 1. The molecule has 0 saturated carbocycles. The van der Waals surface area contributed by atoms with E-state index in [2.05, 4.69) is 37.2 Å². The average molecular weight is 408 g/mol. The van der Waals surface area contributed by atoms with Crippen LogP contribution in [0.1, 0.15) is 42.5 Å². The van der Waals surface area contributed by atoms with E-state index in [4.69, 9.17) is 0 Å². The van der Waals surface area contributed by atoms with Gasteiger partial charge in [-0.25, -0.2) is 4.98 Å². The third kappa shape index (κ3) is 4.56. The zero-order chi connectivity index (χ0) is 20.4. The number of anilines is 1. The fourth-order valence-corrected chi connectivity index (χ4v) is 4.38. The monoisotopic (exact) mass is 408 g/mol. The van der Waals surface area contributed by atoms with Gasteiger partial charge in [0.2, 0.25) is 0 Å². The molecule has 2 N–H and O–H groups in total. The molecule has 29 heavy (non-hydrogen) atoms. The average Bonchev–Trinajstić information content (AvgIpc) is 3.16. The number of H-pyrrole nitrogens is 1. The summed E-state index contributed by atoms with van der Waals surface area (Å²) >= 11 is 0. The zero-order valence-electron chi connectivity index (χ0n) is 16.5. The maximum Gasteiger partial charge on any atom is 0.417 e. The highest BCUT2D eigenvalue weighted by atomic mass is 19.4. The van der Waals surface area contributed by atoms with Crippen LogP contribution in [-0.4, -0.2) is 58.8 Å². The van der Waals surface area contributed by atoms with Crippen molar-refractivity contribution in [2.24, 2.45) is 0 Å². The molecule has 6 nitrogen and oxygen atoms in total. The molecule has 0 aromatic carbocycles. The first-order chi connectivity index (χ1) is 13.9. The van der Waals surface area contributed by atoms with E-state index in [-0.39, 0.29) is 6.04 Å². The molecule has 0 spiro atoms. The minimum absolute atomic E-state index is 0.169. The van der Waals surface area contributed by atoms with Crippen molar-refractivity contribution in [3.05, 3.63) is 41.3 Å². The lowest BCUT2D eigenvalue weighted by Crippen LogP contribution is -2.52. The lowest BCUT2D eigenvalue weighted by molar-refractivity contribution is -0.137. The predicted octanol–water partition coefficient (Wildman–Crippen LogP) is 3.00. The molecule has 0 unspecified atom stereocenters. The fraction of sp³-hybridized carbons (Fsp3) is 0.600. The van der Waals surface area contributed by atoms with Crippen molar-refractivity contribution in [1.29, 1.82) is 0 Å². The molecule has 2 aromatic heterocycles. The van der Waals surface area contributed by atoms with E-state index >= 15 is 0 Å². The minimum atomic E-state index is -4.35. The van der Waals surface area contributed by atoms with Gasteiger partial charge in [-0.15, -0.1) is 0 Å². The first kappa shape index (κ1) is 20.2. The summed E-state index contributed by atoms with van der Waals surface area (Å²) < 4.78 is 38.3. The summed E-state index contributed by atoms with van der Waals surface area (Å²) in [6, 6.07) is 2.75. The molecule has 0 aliphatic carbocycles. The Bertz CT molecular complexity index is 797. The predicted molar refractivity (Wildman–Crippen MR) is 105 cm³/mol. The molecular weight excluding hydrogens is 381 g/mol. The first-order valence-corrected chi connectivity index (χ1v) is 10.2. The number of halogens is 3. The van der Waals surface area contributed by atoms with E-state index in [0.29, 0.717) is 11.7 Å². The summed E-state index contributed by atoms with van der Waals surface area (Å²) in [6.07, 6.45) is 0.798. The number of aromatic amines is 1. The van der Waals surface area contributed by atoms with Gasteiger partial charge >= 0.3 is 6.18 Å². The Kier molecular flexibility index (Phi) is 5.78. The van der Waals surface area contributed by atoms with Gasteiger partial charge in [0, 0.05) is 56.1 Å². The molecule has 2 aromatic rings. The first-order valence-electron chi connectivity index (χ1n) is 10.2. The molecule has 4 rings (SSSR count). The molecule has 0 radical (unpaired) electrons. The van der Waals surface area contributed by atoms with Crippen LogP contribution in [0, 0.1) is 0 Å². The van der Waals surface area contributed by atoms with E-state index in [1.165, 1.54) is 17.3 Å². The van der Waals surface area contributed by atoms with Crippen LogP contribution in [0.5, 0.6) is 0 Å². The number of aromatic nitrogens is 3. The van der Waals surface area contributed by atoms with Crippen LogP contribution in [0.3, 0.4) is 0 Å². The zero-order valence-corrected chi connectivity index (χ0v) is 16.5. The van der Waals surface area contributed by atoms with Crippen molar-refractivity contribution in [1.82, 2.24) is 25.4 Å². The van der Waals surface area contributed by atoms with E-state index in [1.807, 2.05) is 6.20 Å². The second-order valence-corrected chi connectivity index (χ2v) is 8.00. The summed E-state index contributed by atoms with van der Waals surface area (Å²) in [7, 11) is 0. The molecule has 2 aliphatic rings. The molecule has 158 valence electrons. The van der Waals surface area contributed by atoms with E-state index in [0.717, 1.165) is 64.4 Å². The highest BCUT2D eigenvalue weighted by Gasteiger charge is 2.32. The van der Waals surface area contributed by atoms with E-state index in [9.17, 15) is 13.2 Å². The van der Waals surface area contributed by atoms with E-state index in [1.54, 1.807) is 0 Å². The number of hydrogen-bond donors (Lipinski definition) is 2. The highest BCUT2D eigenvalue weighted by Crippen LogP contribution is 2.30. The molecule has 2 aliphatic heterocycles. The van der Waals surface area contributed by atoms with Crippen LogP contribution < -0.4 is 10.2 Å². The van der Waals surface area contributed by atoms with Crippen molar-refractivity contribution in [2.75, 3.05) is 37.6 Å². The summed E-state index contributed by atoms with van der Waals surface area (Å²) in [6.45, 7) is 7.41. The van der Waals surface area contributed by atoms with Crippen molar-refractivity contribution in [3.8, 4) is 0 Å². The van der Waals surface area contributed by atoms with Crippen LogP contribution >= 0.6 is 0 Å². The molecule has 2 saturated heterocycles. The van der Waals surface area contributed by atoms with Crippen LogP contribution in [-0.2, 0) is 12.7 Å². The lowest BCUT2D eigenvalue weighted by Gasteiger charge is -2.40. The number of rotatable bonds is 4. The topological polar surface area (TPSA) is 60.1 Å². The Morgan fingerprint density at radius 1 is 1.17 bits per heavy atom. The van der Waals surface area contributed by atoms with Gasteiger partial charge in [0.1, 0.15) is 5.82 Å². The fourth-order valence-electron chi connectivity index (χ4n) is 4.38. The SMILES string of the molecule is C[C@@H]1CN(Cc2c[nH]nc2C2CCNCC2)CCN1c1ccc(C(F)(F)F)cn1. The van der Waals surface area contributed by atoms with Crippen molar-refractivity contribution < 1.29 is 13.2 Å². The van der Waals surface area contributed by atoms with Crippen molar-refractivity contribution in [3.63, 3.8) is 0 Å². The maximum absolute atomic E-state index is 12.8. The smallest absolute Gasteiger partial charge is 0.351 e. The van der Waals surface area contributed by atoms with Crippen molar-refractivity contribution in [2.45, 2.75) is 44.4 Å². The number of alkyl halides is 3. The van der Waals surface area contributed by atoms with Gasteiger partial charge in [-0.3, -0.25) is 10.00 Å². The van der Waals surface area contributed by atoms with Crippen LogP contribution in [0.25, 0.3) is 0 Å². The van der Waals surface area contributed by atoms with Crippen molar-refractivity contribution >= 4 is 5.82 Å². The molecule has 0 amide bonds. The largest absolute Gasteiger partial charge is 0.417 e. The van der Waals surface area contributed by atoms with Gasteiger partial charge in [-0.2, -0.15) is 18.3 Å². The molecule has 0 bridgehead atoms. The van der Waals surface area contributed by atoms with E-state index < -0.39 is 11.7 Å². The van der Waals surface area contributed by atoms with Crippen LogP contribution in [0.2, 0.25) is 0 Å². The van der Waals surface area contributed by atoms with Gasteiger partial charge < -0.3 is 10.2 Å². The van der Waals surface area contributed by atoms with Gasteiger partial charge in [0.25, 0.3) is 0 Å². The van der Waals surface area contributed by atoms with Crippen LogP contribution in [0.4, 0.5) is 19.0 Å². The Morgan fingerprint density at radius 3 is 2.62 bits per heavy atom. The quantitative estimate of drug-likeness (QED) is 0.815. The third-order valence-electron chi connectivity index (χ3n) is 5.95. The van der Waals surface area contributed by atoms with Crippen LogP contribution in [0.15, 0.2) is 24.5 Å². The number of piperidine rings is 1. The Labute approximate surface area is 168 Å². The number of hydrogen-bond acceptors (Lipinski definition) is 5. The molecule has 9 heteroatoms. The summed E-state index contributed by atoms with van der Waals surface area (Å²) in [5.41, 5.74) is 1.73. The Morgan fingerprint density at radius 2 is 1.97 bits per heavy atom. The summed E-state index contributed by atoms with van der Waals surface area (Å²) in [4.78, 5) is 8.53. The lowest BCUT2D eigenvalue weighted by atomic mass is 9.92. The van der Waals surface area contributed by atoms with Gasteiger partial charge in [0.05, 0.1) is 11.3 Å². The summed E-state index contributed by atoms with van der Waals surface area (Å²) in [5.74, 6) is 1.11. The molecule has 4 heterocycles. The number of nitrogens with zero attached hydrogens (tertiary/aromatic N) is 4. The van der Waals surface area contributed by atoms with Gasteiger partial charge in [0.15, 0.2) is 0 Å². The normalized spacial score (nSPS) is 22.2. The van der Waals surface area contributed by atoms with Gasteiger partial charge in [-0.05, 0) is 45.0 Å². The number of nitrogens with one attached hydrogen (secondary N) is 2. The Balaban J connectivity index is 1.38. The molecule has 2 fully saturated rings. The Hall–Kier alpha value is -2.13. The highest BCUT2D eigenvalue weighted by molar-refractivity contribution is 5.41. The summed E-state index contributed by atoms with van der Waals surface area (Å²) in [5, 5.41) is 11.0. The minimum Gasteiger partial charge on any atom is -0.351 e. The third-order valence-corrected chi connectivity index (χ3v) is 5.95. The standard InChI is InChI=1S/C20H27F3N6/c1-14-12-28(13-16-10-26-27-19(16)15-4-6-24-7-5-15)8-9-29(14)18-3-2-17(11-25-18)20(21,22)23/h2-3,10-11,14-15,24H,4-9,12-13H2,1H3,(H,26,27)/t14-/m1/s1. The second-order valence-electron chi connectivity index (χ2n) is 8.00. The maximum atomic E-state index is 12.8. The van der Waals surface area contributed by atoms with Gasteiger partial charge in [-0.1, -0.05) is 0 Å².